The molecule has 0 unspecified atom stereocenters. The van der Waals surface area contributed by atoms with E-state index in [-0.39, 0.29) is 0 Å². The van der Waals surface area contributed by atoms with E-state index in [0.717, 1.165) is 0 Å². The smallest absolute Gasteiger partial charge is 0.0474 e. The van der Waals surface area contributed by atoms with E-state index in [0.29, 0.717) is 5.88 Å². The van der Waals surface area contributed by atoms with Crippen LogP contribution in [0.15, 0.2) is 24.3 Å². The van der Waals surface area contributed by atoms with Crippen LogP contribution in [0.4, 0.5) is 0 Å². The summed E-state index contributed by atoms with van der Waals surface area (Å²) in [6, 6.07) is 8.68. The summed E-state index contributed by atoms with van der Waals surface area (Å²) < 4.78 is 0. The van der Waals surface area contributed by atoms with Crippen LogP contribution >= 0.6 is 11.6 Å². The Morgan fingerprint density at radius 1 is 0.867 bits per heavy atom. The number of hydrogen-bond acceptors (Lipinski definition) is 0. The molecular weight excluding hydrogens is 204 g/mol. The monoisotopic (exact) mass is 224 g/mol. The molecule has 0 aliphatic heterocycles. The molecule has 0 saturated carbocycles. The van der Waals surface area contributed by atoms with Crippen LogP contribution in [0.2, 0.25) is 0 Å². The van der Waals surface area contributed by atoms with Crippen LogP contribution in [-0.2, 0) is 12.3 Å². The molecule has 0 aliphatic rings. The van der Waals surface area contributed by atoms with Crippen LogP contribution < -0.4 is 0 Å². The van der Waals surface area contributed by atoms with Crippen molar-refractivity contribution in [1.29, 1.82) is 0 Å². The van der Waals surface area contributed by atoms with Crippen molar-refractivity contribution < 1.29 is 0 Å². The number of halogens is 1. The zero-order chi connectivity index (χ0) is 10.9. The van der Waals surface area contributed by atoms with Crippen molar-refractivity contribution in [2.45, 2.75) is 51.3 Å². The number of benzene rings is 1. The Balaban J connectivity index is 2.20. The van der Waals surface area contributed by atoms with Gasteiger partial charge in [-0.25, -0.2) is 0 Å². The quantitative estimate of drug-likeness (QED) is 0.455. The van der Waals surface area contributed by atoms with Gasteiger partial charge in [-0.2, -0.15) is 0 Å². The summed E-state index contributed by atoms with van der Waals surface area (Å²) in [5, 5.41) is 0. The summed E-state index contributed by atoms with van der Waals surface area (Å²) in [6.45, 7) is 2.25. The van der Waals surface area contributed by atoms with Crippen LogP contribution in [0.5, 0.6) is 0 Å². The summed E-state index contributed by atoms with van der Waals surface area (Å²) >= 11 is 5.74. The van der Waals surface area contributed by atoms with E-state index in [4.69, 9.17) is 11.6 Å². The minimum Gasteiger partial charge on any atom is -0.122 e. The van der Waals surface area contributed by atoms with Gasteiger partial charge < -0.3 is 0 Å². The van der Waals surface area contributed by atoms with Crippen molar-refractivity contribution >= 4 is 11.6 Å². The normalized spacial score (nSPS) is 10.5. The maximum atomic E-state index is 5.74. The Labute approximate surface area is 98.7 Å². The standard InChI is InChI=1S/C14H21Cl/c1-2-3-4-5-6-7-13-8-10-14(12-15)11-9-13/h8-11H,2-7,12H2,1H3. The molecule has 1 rings (SSSR count). The van der Waals surface area contributed by atoms with Crippen molar-refractivity contribution in [2.75, 3.05) is 0 Å². The first-order chi connectivity index (χ1) is 7.36. The second-order valence-corrected chi connectivity index (χ2v) is 4.38. The van der Waals surface area contributed by atoms with E-state index in [1.165, 1.54) is 49.7 Å². The van der Waals surface area contributed by atoms with Gasteiger partial charge in [0.2, 0.25) is 0 Å². The molecule has 0 atom stereocenters. The van der Waals surface area contributed by atoms with Crippen LogP contribution in [0.25, 0.3) is 0 Å². The minimum atomic E-state index is 0.622. The third-order valence-corrected chi connectivity index (χ3v) is 3.05. The zero-order valence-electron chi connectivity index (χ0n) is 9.64. The van der Waals surface area contributed by atoms with E-state index in [1.807, 2.05) is 0 Å². The molecule has 0 aliphatic carbocycles. The van der Waals surface area contributed by atoms with Crippen molar-refractivity contribution in [1.82, 2.24) is 0 Å². The van der Waals surface area contributed by atoms with E-state index < -0.39 is 0 Å². The molecule has 0 aromatic heterocycles. The average molecular weight is 225 g/mol. The fraction of sp³-hybridized carbons (Fsp3) is 0.571. The Kier molecular flexibility index (Phi) is 6.50. The highest BCUT2D eigenvalue weighted by atomic mass is 35.5. The molecule has 0 amide bonds. The topological polar surface area (TPSA) is 0 Å². The number of alkyl halides is 1. The highest BCUT2D eigenvalue weighted by molar-refractivity contribution is 6.17. The van der Waals surface area contributed by atoms with Gasteiger partial charge in [-0.3, -0.25) is 0 Å². The van der Waals surface area contributed by atoms with Gasteiger partial charge in [-0.15, -0.1) is 11.6 Å². The second kappa shape index (κ2) is 7.76. The van der Waals surface area contributed by atoms with Crippen molar-refractivity contribution in [3.63, 3.8) is 0 Å². The Bertz CT molecular complexity index is 251. The van der Waals surface area contributed by atoms with E-state index >= 15 is 0 Å². The van der Waals surface area contributed by atoms with Gasteiger partial charge in [0.05, 0.1) is 0 Å². The Morgan fingerprint density at radius 2 is 1.47 bits per heavy atom. The first-order valence-corrected chi connectivity index (χ1v) is 6.54. The first kappa shape index (κ1) is 12.6. The maximum Gasteiger partial charge on any atom is 0.0474 e. The summed E-state index contributed by atoms with van der Waals surface area (Å²) in [6.07, 6.45) is 7.99. The number of unbranched alkanes of at least 4 members (excludes halogenated alkanes) is 4. The average Bonchev–Trinajstić information content (AvgIpc) is 2.30. The Hall–Kier alpha value is -0.490. The number of rotatable bonds is 7. The van der Waals surface area contributed by atoms with Crippen LogP contribution in [0, 0.1) is 0 Å². The van der Waals surface area contributed by atoms with Crippen molar-refractivity contribution in [3.05, 3.63) is 35.4 Å². The van der Waals surface area contributed by atoms with Gasteiger partial charge in [-0.1, -0.05) is 56.9 Å². The third-order valence-electron chi connectivity index (χ3n) is 2.75. The molecule has 0 saturated heterocycles. The molecule has 1 aromatic rings. The highest BCUT2D eigenvalue weighted by Crippen LogP contribution is 2.11. The third kappa shape index (κ3) is 5.22. The zero-order valence-corrected chi connectivity index (χ0v) is 10.4. The predicted molar refractivity (Wildman–Crippen MR) is 68.5 cm³/mol. The lowest BCUT2D eigenvalue weighted by Crippen LogP contribution is -1.87. The van der Waals surface area contributed by atoms with Crippen LogP contribution in [0.1, 0.15) is 50.2 Å². The summed E-state index contributed by atoms with van der Waals surface area (Å²) in [5.74, 6) is 0.622. The fourth-order valence-corrected chi connectivity index (χ4v) is 1.91. The molecule has 84 valence electrons. The van der Waals surface area contributed by atoms with Gasteiger partial charge in [0.1, 0.15) is 0 Å². The fourth-order valence-electron chi connectivity index (χ4n) is 1.73. The van der Waals surface area contributed by atoms with Gasteiger partial charge in [0.25, 0.3) is 0 Å². The lowest BCUT2D eigenvalue weighted by atomic mass is 10.0. The highest BCUT2D eigenvalue weighted by Gasteiger charge is 1.94. The maximum absolute atomic E-state index is 5.74. The SMILES string of the molecule is CCCCCCCc1ccc(CCl)cc1. The molecule has 1 heteroatoms. The van der Waals surface area contributed by atoms with Gasteiger partial charge in [0, 0.05) is 5.88 Å². The lowest BCUT2D eigenvalue weighted by molar-refractivity contribution is 0.632. The largest absolute Gasteiger partial charge is 0.122 e. The predicted octanol–water partition coefficient (Wildman–Crippen LogP) is 4.94. The van der Waals surface area contributed by atoms with Crippen molar-refractivity contribution in [2.24, 2.45) is 0 Å². The van der Waals surface area contributed by atoms with Gasteiger partial charge in [-0.05, 0) is 24.0 Å². The van der Waals surface area contributed by atoms with Crippen LogP contribution in [0.3, 0.4) is 0 Å². The molecule has 0 nitrogen and oxygen atoms in total. The van der Waals surface area contributed by atoms with Crippen LogP contribution in [-0.4, -0.2) is 0 Å². The molecule has 0 fully saturated rings. The molecule has 0 spiro atoms. The van der Waals surface area contributed by atoms with E-state index in [2.05, 4.69) is 31.2 Å². The lowest BCUT2D eigenvalue weighted by Gasteiger charge is -2.02. The molecule has 15 heavy (non-hydrogen) atoms. The first-order valence-electron chi connectivity index (χ1n) is 6.00. The molecular formula is C14H21Cl. The number of aryl methyl sites for hydroxylation is 1. The second-order valence-electron chi connectivity index (χ2n) is 4.11. The number of hydrogen-bond donors (Lipinski definition) is 0. The minimum absolute atomic E-state index is 0.622. The molecule has 0 bridgehead atoms. The molecule has 1 aromatic carbocycles. The summed E-state index contributed by atoms with van der Waals surface area (Å²) in [7, 11) is 0. The van der Waals surface area contributed by atoms with E-state index in [1.54, 1.807) is 0 Å². The summed E-state index contributed by atoms with van der Waals surface area (Å²) in [4.78, 5) is 0. The van der Waals surface area contributed by atoms with Crippen molar-refractivity contribution in [3.8, 4) is 0 Å². The summed E-state index contributed by atoms with van der Waals surface area (Å²) in [5.41, 5.74) is 2.66. The van der Waals surface area contributed by atoms with Gasteiger partial charge >= 0.3 is 0 Å². The molecule has 0 heterocycles. The van der Waals surface area contributed by atoms with Gasteiger partial charge in [0.15, 0.2) is 0 Å². The Morgan fingerprint density at radius 3 is 2.07 bits per heavy atom. The van der Waals surface area contributed by atoms with E-state index in [9.17, 15) is 0 Å². The molecule has 0 N–H and O–H groups in total. The molecule has 0 radical (unpaired) electrons.